The molecule has 0 atom stereocenters. The molecule has 11 heavy (non-hydrogen) atoms. The second-order valence-electron chi connectivity index (χ2n) is 2.25. The maximum atomic E-state index is 4.18. The van der Waals surface area contributed by atoms with Crippen molar-refractivity contribution >= 4 is 24.0 Å². The minimum atomic E-state index is 0.970. The topological polar surface area (TPSA) is 28.5 Å². The van der Waals surface area contributed by atoms with Crippen LogP contribution in [0.1, 0.15) is 0 Å². The molecule has 0 amide bonds. The summed E-state index contributed by atoms with van der Waals surface area (Å²) in [6.07, 6.45) is 3.56. The van der Waals surface area contributed by atoms with Crippen molar-refractivity contribution in [1.29, 1.82) is 0 Å². The second-order valence-corrected chi connectivity index (χ2v) is 3.03. The van der Waals surface area contributed by atoms with Crippen molar-refractivity contribution in [2.45, 2.75) is 5.03 Å². The third-order valence-electron chi connectivity index (χ3n) is 1.49. The highest BCUT2D eigenvalue weighted by atomic mass is 32.2. The van der Waals surface area contributed by atoms with E-state index in [1.807, 2.05) is 24.1 Å². The lowest BCUT2D eigenvalue weighted by molar-refractivity contribution is 1.08. The van der Waals surface area contributed by atoms with Crippen LogP contribution in [-0.2, 0) is 0 Å². The Morgan fingerprint density at radius 3 is 3.27 bits per heavy atom. The molecule has 0 N–H and O–H groups in total. The zero-order chi connectivity index (χ0) is 7.68. The van der Waals surface area contributed by atoms with Gasteiger partial charge >= 0.3 is 0 Å². The average molecular weight is 165 g/mol. The van der Waals surface area contributed by atoms with Gasteiger partial charge in [-0.2, -0.15) is 4.40 Å². The Balaban J connectivity index is 2.50. The molecule has 4 heteroatoms. The van der Waals surface area contributed by atoms with E-state index in [2.05, 4.69) is 9.38 Å². The molecule has 0 aromatic carbocycles. The summed E-state index contributed by atoms with van der Waals surface area (Å²) in [4.78, 5) is 6.13. The van der Waals surface area contributed by atoms with Crippen LogP contribution in [0.4, 0.5) is 5.69 Å². The summed E-state index contributed by atoms with van der Waals surface area (Å²) in [6.45, 7) is 0. The van der Waals surface area contributed by atoms with Crippen molar-refractivity contribution < 1.29 is 0 Å². The van der Waals surface area contributed by atoms with Gasteiger partial charge < -0.3 is 4.90 Å². The molecule has 0 aliphatic carbocycles. The molecule has 1 aromatic heterocycles. The monoisotopic (exact) mass is 165 g/mol. The number of nitrogens with zero attached hydrogens (tertiary/aromatic N) is 3. The second kappa shape index (κ2) is 2.54. The molecule has 0 fully saturated rings. The Bertz CT molecular complexity index is 297. The van der Waals surface area contributed by atoms with E-state index in [-0.39, 0.29) is 0 Å². The molecular formula is C7H7N3S. The SMILES string of the molecule is CN1C=NSc2ncccc21. The highest BCUT2D eigenvalue weighted by Gasteiger charge is 2.10. The van der Waals surface area contributed by atoms with E-state index in [0.29, 0.717) is 0 Å². The first-order chi connectivity index (χ1) is 5.38. The Hall–Kier alpha value is -1.03. The Kier molecular flexibility index (Phi) is 1.54. The van der Waals surface area contributed by atoms with Crippen molar-refractivity contribution in [1.82, 2.24) is 4.98 Å². The number of hydrogen-bond acceptors (Lipinski definition) is 4. The van der Waals surface area contributed by atoms with Gasteiger partial charge in [0.1, 0.15) is 11.4 Å². The number of anilines is 1. The highest BCUT2D eigenvalue weighted by molar-refractivity contribution is 7.98. The third-order valence-corrected chi connectivity index (χ3v) is 2.18. The van der Waals surface area contributed by atoms with E-state index < -0.39 is 0 Å². The quantitative estimate of drug-likeness (QED) is 0.546. The van der Waals surface area contributed by atoms with Crippen LogP contribution in [0.2, 0.25) is 0 Å². The van der Waals surface area contributed by atoms with E-state index in [1.165, 1.54) is 11.9 Å². The van der Waals surface area contributed by atoms with Gasteiger partial charge in [-0.25, -0.2) is 4.98 Å². The summed E-state index contributed by atoms with van der Waals surface area (Å²) in [6, 6.07) is 3.95. The average Bonchev–Trinajstić information content (AvgIpc) is 2.06. The van der Waals surface area contributed by atoms with E-state index in [0.717, 1.165) is 10.7 Å². The summed E-state index contributed by atoms with van der Waals surface area (Å²) in [5.41, 5.74) is 1.12. The molecule has 56 valence electrons. The molecule has 2 rings (SSSR count). The van der Waals surface area contributed by atoms with Crippen LogP contribution in [0, 0.1) is 0 Å². The third kappa shape index (κ3) is 1.09. The van der Waals surface area contributed by atoms with Gasteiger partial charge in [0.25, 0.3) is 0 Å². The minimum Gasteiger partial charge on any atom is -0.333 e. The summed E-state index contributed by atoms with van der Waals surface area (Å²) in [5.74, 6) is 0. The van der Waals surface area contributed by atoms with Crippen LogP contribution in [0.25, 0.3) is 0 Å². The molecule has 1 aromatic rings. The van der Waals surface area contributed by atoms with Crippen molar-refractivity contribution in [3.05, 3.63) is 18.3 Å². The number of fused-ring (bicyclic) bond motifs is 1. The smallest absolute Gasteiger partial charge is 0.142 e. The van der Waals surface area contributed by atoms with Crippen molar-refractivity contribution in [3.8, 4) is 0 Å². The standard InChI is InChI=1S/C7H7N3S/c1-10-5-9-11-7-6(10)3-2-4-8-7/h2-5H,1H3. The molecular weight excluding hydrogens is 158 g/mol. The van der Waals surface area contributed by atoms with Crippen LogP contribution < -0.4 is 4.90 Å². The lowest BCUT2D eigenvalue weighted by Crippen LogP contribution is -2.17. The van der Waals surface area contributed by atoms with Crippen molar-refractivity contribution in [3.63, 3.8) is 0 Å². The molecule has 0 bridgehead atoms. The van der Waals surface area contributed by atoms with Gasteiger partial charge in [-0.15, -0.1) is 0 Å². The van der Waals surface area contributed by atoms with Crippen LogP contribution >= 0.6 is 11.9 Å². The highest BCUT2D eigenvalue weighted by Crippen LogP contribution is 2.30. The predicted molar refractivity (Wildman–Crippen MR) is 47.0 cm³/mol. The fraction of sp³-hybridized carbons (Fsp3) is 0.143. The van der Waals surface area contributed by atoms with Crippen molar-refractivity contribution in [2.75, 3.05) is 11.9 Å². The molecule has 2 heterocycles. The molecule has 0 saturated carbocycles. The summed E-state index contributed by atoms with van der Waals surface area (Å²) in [5, 5.41) is 0.970. The molecule has 0 saturated heterocycles. The van der Waals surface area contributed by atoms with E-state index >= 15 is 0 Å². The summed E-state index contributed by atoms with van der Waals surface area (Å²) in [7, 11) is 1.96. The molecule has 1 aliphatic heterocycles. The zero-order valence-electron chi connectivity index (χ0n) is 6.06. The number of hydrogen-bond donors (Lipinski definition) is 0. The molecule has 0 spiro atoms. The van der Waals surface area contributed by atoms with Gasteiger partial charge in [0, 0.05) is 25.2 Å². The Morgan fingerprint density at radius 2 is 2.45 bits per heavy atom. The van der Waals surface area contributed by atoms with Crippen LogP contribution in [0.3, 0.4) is 0 Å². The van der Waals surface area contributed by atoms with Gasteiger partial charge in [-0.3, -0.25) is 0 Å². The normalized spacial score (nSPS) is 14.8. The van der Waals surface area contributed by atoms with Crippen LogP contribution in [0.15, 0.2) is 27.8 Å². The van der Waals surface area contributed by atoms with E-state index in [4.69, 9.17) is 0 Å². The summed E-state index contributed by atoms with van der Waals surface area (Å²) >= 11 is 1.41. The van der Waals surface area contributed by atoms with Gasteiger partial charge in [-0.1, -0.05) is 0 Å². The van der Waals surface area contributed by atoms with E-state index in [9.17, 15) is 0 Å². The van der Waals surface area contributed by atoms with Crippen LogP contribution in [-0.4, -0.2) is 18.4 Å². The molecule has 0 radical (unpaired) electrons. The first kappa shape index (κ1) is 6.67. The Labute approximate surface area is 69.3 Å². The molecule has 1 aliphatic rings. The lowest BCUT2D eigenvalue weighted by Gasteiger charge is -2.18. The van der Waals surface area contributed by atoms with Crippen molar-refractivity contribution in [2.24, 2.45) is 4.40 Å². The fourth-order valence-corrected chi connectivity index (χ4v) is 1.63. The predicted octanol–water partition coefficient (Wildman–Crippen LogP) is 1.57. The first-order valence-corrected chi connectivity index (χ1v) is 4.03. The molecule has 3 nitrogen and oxygen atoms in total. The van der Waals surface area contributed by atoms with Gasteiger partial charge in [0.15, 0.2) is 0 Å². The molecule has 0 unspecified atom stereocenters. The van der Waals surface area contributed by atoms with Crippen LogP contribution in [0.5, 0.6) is 0 Å². The van der Waals surface area contributed by atoms with Gasteiger partial charge in [-0.05, 0) is 12.1 Å². The first-order valence-electron chi connectivity index (χ1n) is 3.26. The lowest BCUT2D eigenvalue weighted by atomic mass is 10.4. The fourth-order valence-electron chi connectivity index (χ4n) is 0.928. The largest absolute Gasteiger partial charge is 0.333 e. The van der Waals surface area contributed by atoms with Gasteiger partial charge in [0.2, 0.25) is 0 Å². The number of rotatable bonds is 0. The minimum absolute atomic E-state index is 0.970. The number of aromatic nitrogens is 1. The zero-order valence-corrected chi connectivity index (χ0v) is 6.88. The van der Waals surface area contributed by atoms with E-state index in [1.54, 1.807) is 12.5 Å². The summed E-state index contributed by atoms with van der Waals surface area (Å²) < 4.78 is 4.05. The van der Waals surface area contributed by atoms with Gasteiger partial charge in [0.05, 0.1) is 5.69 Å². The maximum absolute atomic E-state index is 4.18. The Morgan fingerprint density at radius 1 is 1.55 bits per heavy atom. The maximum Gasteiger partial charge on any atom is 0.142 e. The number of pyridine rings is 1.